The molecule has 0 aromatic carbocycles. The topological polar surface area (TPSA) is 231 Å². The Labute approximate surface area is 611 Å². The van der Waals surface area contributed by atoms with Gasteiger partial charge in [0.25, 0.3) is 0 Å². The van der Waals surface area contributed by atoms with Gasteiger partial charge in [0, 0.05) is 19.3 Å². The standard InChI is InChI=1S/C83H134O16P2/c1-4-7-10-13-16-19-22-25-28-31-33-34-35-36-37-38-39-40-41-42-44-47-48-51-54-57-60-63-66-69-81(86)93-72-78(84)73-95-100(89,90)96-74-79(85)75-97-101(91,92)98-77-80(99-83(88)71-68-65-62-59-56-53-50-45-30-27-24-21-18-15-12-9-6-3)76-94-82(87)70-67-64-61-58-55-52-49-46-43-32-29-26-23-20-17-14-11-8-5-2/h7-12,16-21,25-30,33-34,36-37,39-40,43,46,50,52-53,55,78-80,84-85H,4-6,13-15,22-24,31-32,35,38,41-42,44-45,47-49,51,54,56-77H2,1-3H3,(H,89,90)(H,91,92)/b10-7-,11-8-,12-9-,19-16-,20-17-,21-18-,28-25-,29-26-,30-27-,34-33-,37-36-,40-39-,46-43-,53-50-,55-52-. The second-order valence-corrected chi connectivity index (χ2v) is 27.6. The molecule has 18 heteroatoms. The van der Waals surface area contributed by atoms with E-state index in [1.54, 1.807) is 0 Å². The van der Waals surface area contributed by atoms with Crippen molar-refractivity contribution in [2.24, 2.45) is 0 Å². The molecule has 0 spiro atoms. The maximum Gasteiger partial charge on any atom is 0.472 e. The molecule has 0 aromatic heterocycles. The third-order valence-corrected chi connectivity index (χ3v) is 17.0. The smallest absolute Gasteiger partial charge is 0.463 e. The molecule has 0 bridgehead atoms. The minimum absolute atomic E-state index is 0.0620. The van der Waals surface area contributed by atoms with Gasteiger partial charge in [-0.15, -0.1) is 0 Å². The van der Waals surface area contributed by atoms with E-state index in [9.17, 15) is 43.5 Å². The Morgan fingerprint density at radius 3 is 0.792 bits per heavy atom. The highest BCUT2D eigenvalue weighted by Crippen LogP contribution is 2.45. The molecule has 0 rings (SSSR count). The first-order valence-electron chi connectivity index (χ1n) is 38.1. The molecule has 0 aliphatic carbocycles. The zero-order valence-corrected chi connectivity index (χ0v) is 64.0. The number of rotatable bonds is 70. The summed E-state index contributed by atoms with van der Waals surface area (Å²) in [7, 11) is -9.82. The highest BCUT2D eigenvalue weighted by Gasteiger charge is 2.29. The molecule has 5 atom stereocenters. The Balaban J connectivity index is 4.63. The first-order chi connectivity index (χ1) is 49.2. The average Bonchev–Trinajstić information content (AvgIpc) is 1.06. The third kappa shape index (κ3) is 75.6. The second-order valence-electron chi connectivity index (χ2n) is 24.7. The van der Waals surface area contributed by atoms with Crippen LogP contribution < -0.4 is 0 Å². The number of aliphatic hydroxyl groups is 2. The lowest BCUT2D eigenvalue weighted by Gasteiger charge is -2.21. The number of carbonyl (C=O) groups is 3. The molecule has 0 radical (unpaired) electrons. The van der Waals surface area contributed by atoms with Crippen molar-refractivity contribution in [2.75, 3.05) is 39.6 Å². The highest BCUT2D eigenvalue weighted by molar-refractivity contribution is 7.47. The van der Waals surface area contributed by atoms with Crippen LogP contribution >= 0.6 is 15.6 Å². The fourth-order valence-electron chi connectivity index (χ4n) is 9.41. The molecule has 572 valence electrons. The molecule has 0 heterocycles. The molecular weight excluding hydrogens is 1310 g/mol. The number of allylic oxidation sites excluding steroid dienone is 30. The number of phosphoric acid groups is 2. The number of hydrogen-bond acceptors (Lipinski definition) is 14. The maximum absolute atomic E-state index is 13.0. The summed E-state index contributed by atoms with van der Waals surface area (Å²) in [6, 6.07) is 0. The largest absolute Gasteiger partial charge is 0.472 e. The predicted octanol–water partition coefficient (Wildman–Crippen LogP) is 22.2. The minimum Gasteiger partial charge on any atom is -0.463 e. The predicted molar refractivity (Wildman–Crippen MR) is 417 cm³/mol. The Morgan fingerprint density at radius 2 is 0.495 bits per heavy atom. The third-order valence-electron chi connectivity index (χ3n) is 15.1. The molecule has 0 aliphatic heterocycles. The zero-order chi connectivity index (χ0) is 73.7. The summed E-state index contributed by atoms with van der Waals surface area (Å²) in [5, 5.41) is 20.6. The van der Waals surface area contributed by atoms with Crippen molar-refractivity contribution in [3.05, 3.63) is 182 Å². The average molecular weight is 1450 g/mol. The number of hydrogen-bond donors (Lipinski definition) is 4. The van der Waals surface area contributed by atoms with E-state index in [0.717, 1.165) is 173 Å². The minimum atomic E-state index is -4.95. The van der Waals surface area contributed by atoms with Crippen LogP contribution in [0.25, 0.3) is 0 Å². The molecule has 0 saturated carbocycles. The van der Waals surface area contributed by atoms with Crippen molar-refractivity contribution in [3.8, 4) is 0 Å². The molecule has 0 aliphatic rings. The van der Waals surface area contributed by atoms with Gasteiger partial charge < -0.3 is 34.2 Å². The van der Waals surface area contributed by atoms with Gasteiger partial charge >= 0.3 is 33.6 Å². The summed E-state index contributed by atoms with van der Waals surface area (Å²) in [6.45, 7) is 2.24. The molecule has 0 amide bonds. The van der Waals surface area contributed by atoms with E-state index in [0.29, 0.717) is 19.3 Å². The monoisotopic (exact) mass is 1450 g/mol. The normalized spacial score (nSPS) is 15.0. The van der Waals surface area contributed by atoms with E-state index in [2.05, 4.69) is 203 Å². The molecular formula is C83H134O16P2. The van der Waals surface area contributed by atoms with Crippen LogP contribution in [0.1, 0.15) is 265 Å². The SMILES string of the molecule is CC/C=C\C/C=C\C/C=C\C/C=C\C/C=C\C/C=C\CCCCCCCCCCCCC(=O)OCC(O)COP(=O)(O)OCC(O)COP(=O)(O)OCC(COC(=O)CCCCC/C=C\C/C=C\C/C=C\C/C=C\C/C=C\CC)OC(=O)CCCCCC/C=C\C/C=C\C/C=C\C/C=C\CC. The lowest BCUT2D eigenvalue weighted by Crippen LogP contribution is -2.30. The fourth-order valence-corrected chi connectivity index (χ4v) is 11.0. The maximum atomic E-state index is 13.0. The van der Waals surface area contributed by atoms with Gasteiger partial charge in [-0.05, 0) is 154 Å². The summed E-state index contributed by atoms with van der Waals surface area (Å²) in [4.78, 5) is 58.6. The first kappa shape index (κ1) is 95.6. The van der Waals surface area contributed by atoms with Crippen molar-refractivity contribution >= 4 is 33.6 Å². The van der Waals surface area contributed by atoms with Crippen molar-refractivity contribution in [1.29, 1.82) is 0 Å². The van der Waals surface area contributed by atoms with Crippen LogP contribution in [0.3, 0.4) is 0 Å². The number of ether oxygens (including phenoxy) is 3. The lowest BCUT2D eigenvalue weighted by atomic mass is 10.1. The number of carbonyl (C=O) groups excluding carboxylic acids is 3. The van der Waals surface area contributed by atoms with E-state index in [4.69, 9.17) is 32.3 Å². The second kappa shape index (κ2) is 74.4. The molecule has 16 nitrogen and oxygen atoms in total. The van der Waals surface area contributed by atoms with Crippen LogP contribution in [-0.2, 0) is 55.8 Å². The summed E-state index contributed by atoms with van der Waals surface area (Å²) in [5.41, 5.74) is 0. The van der Waals surface area contributed by atoms with Crippen LogP contribution in [0.15, 0.2) is 182 Å². The molecule has 101 heavy (non-hydrogen) atoms. The zero-order valence-electron chi connectivity index (χ0n) is 62.2. The van der Waals surface area contributed by atoms with Gasteiger partial charge in [-0.25, -0.2) is 9.13 Å². The van der Waals surface area contributed by atoms with Crippen molar-refractivity contribution in [1.82, 2.24) is 0 Å². The van der Waals surface area contributed by atoms with Gasteiger partial charge in [0.1, 0.15) is 25.4 Å². The molecule has 0 aromatic rings. The van der Waals surface area contributed by atoms with E-state index in [1.165, 1.54) is 32.1 Å². The van der Waals surface area contributed by atoms with Crippen LogP contribution in [0.2, 0.25) is 0 Å². The highest BCUT2D eigenvalue weighted by atomic mass is 31.2. The quantitative estimate of drug-likeness (QED) is 0.0146. The van der Waals surface area contributed by atoms with Crippen LogP contribution in [0, 0.1) is 0 Å². The van der Waals surface area contributed by atoms with E-state index >= 15 is 0 Å². The molecule has 0 saturated heterocycles. The van der Waals surface area contributed by atoms with Gasteiger partial charge in [0.05, 0.1) is 26.4 Å². The lowest BCUT2D eigenvalue weighted by molar-refractivity contribution is -0.161. The van der Waals surface area contributed by atoms with Gasteiger partial charge in [-0.2, -0.15) is 0 Å². The van der Waals surface area contributed by atoms with Crippen LogP contribution in [0.5, 0.6) is 0 Å². The summed E-state index contributed by atoms with van der Waals surface area (Å²) in [6.07, 6.45) is 95.1. The van der Waals surface area contributed by atoms with Gasteiger partial charge in [-0.3, -0.25) is 32.5 Å². The Morgan fingerprint density at radius 1 is 0.277 bits per heavy atom. The van der Waals surface area contributed by atoms with Crippen LogP contribution in [0.4, 0.5) is 0 Å². The summed E-state index contributed by atoms with van der Waals surface area (Å²) >= 11 is 0. The number of unbranched alkanes of at least 4 members (excludes halogenated alkanes) is 17. The van der Waals surface area contributed by atoms with Gasteiger partial charge in [0.2, 0.25) is 0 Å². The molecule has 5 unspecified atom stereocenters. The Bertz CT molecular complexity index is 2570. The van der Waals surface area contributed by atoms with E-state index in [1.807, 2.05) is 0 Å². The van der Waals surface area contributed by atoms with Crippen molar-refractivity contribution in [3.63, 3.8) is 0 Å². The van der Waals surface area contributed by atoms with Gasteiger partial charge in [0.15, 0.2) is 6.10 Å². The van der Waals surface area contributed by atoms with E-state index in [-0.39, 0.29) is 19.3 Å². The summed E-state index contributed by atoms with van der Waals surface area (Å²) in [5.74, 6) is -1.66. The van der Waals surface area contributed by atoms with Gasteiger partial charge in [-0.1, -0.05) is 274 Å². The molecule has 4 N–H and O–H groups in total. The summed E-state index contributed by atoms with van der Waals surface area (Å²) < 4.78 is 61.0. The number of aliphatic hydroxyl groups excluding tert-OH is 2. The van der Waals surface area contributed by atoms with Crippen molar-refractivity contribution in [2.45, 2.75) is 283 Å². The number of phosphoric ester groups is 2. The first-order valence-corrected chi connectivity index (χ1v) is 41.1. The Hall–Kier alpha value is -5.35. The van der Waals surface area contributed by atoms with Crippen molar-refractivity contribution < 1.29 is 75.8 Å². The fraction of sp³-hybridized carbons (Fsp3) is 0.602. The van der Waals surface area contributed by atoms with E-state index < -0.39 is 91.5 Å². The van der Waals surface area contributed by atoms with Crippen LogP contribution in [-0.4, -0.2) is 95.9 Å². The Kier molecular flexibility index (Phi) is 70.4. The number of esters is 3. The molecule has 0 fully saturated rings.